The van der Waals surface area contributed by atoms with Crippen molar-refractivity contribution in [2.45, 2.75) is 11.8 Å². The Labute approximate surface area is 119 Å². The Bertz CT molecular complexity index is 627. The van der Waals surface area contributed by atoms with Gasteiger partial charge in [-0.05, 0) is 11.1 Å². The fourth-order valence-corrected chi connectivity index (χ4v) is 3.31. The summed E-state index contributed by atoms with van der Waals surface area (Å²) in [6.45, 7) is -0.280. The zero-order valence-electron chi connectivity index (χ0n) is 10.9. The topological polar surface area (TPSA) is 66.4 Å². The molecule has 0 saturated carbocycles. The predicted molar refractivity (Wildman–Crippen MR) is 78.5 cm³/mol. The van der Waals surface area contributed by atoms with Gasteiger partial charge in [0.2, 0.25) is 10.0 Å². The number of hydrogen-bond donors (Lipinski definition) is 2. The zero-order chi connectivity index (χ0) is 14.4. The van der Waals surface area contributed by atoms with Gasteiger partial charge in [-0.3, -0.25) is 0 Å². The van der Waals surface area contributed by atoms with Gasteiger partial charge < -0.3 is 5.11 Å². The Balaban J connectivity index is 2.11. The summed E-state index contributed by atoms with van der Waals surface area (Å²) in [5, 5.41) is 9.38. The molecule has 1 atom stereocenters. The van der Waals surface area contributed by atoms with Crippen LogP contribution in [0.15, 0.2) is 60.7 Å². The lowest BCUT2D eigenvalue weighted by atomic mass is 10.1. The van der Waals surface area contributed by atoms with E-state index in [1.165, 1.54) is 0 Å². The van der Waals surface area contributed by atoms with Crippen molar-refractivity contribution >= 4 is 10.0 Å². The van der Waals surface area contributed by atoms with E-state index < -0.39 is 16.1 Å². The first-order valence-electron chi connectivity index (χ1n) is 6.30. The monoisotopic (exact) mass is 291 g/mol. The maximum Gasteiger partial charge on any atom is 0.216 e. The minimum Gasteiger partial charge on any atom is -0.394 e. The van der Waals surface area contributed by atoms with Gasteiger partial charge in [0.25, 0.3) is 0 Å². The minimum absolute atomic E-state index is 0.100. The molecule has 0 fully saturated rings. The fraction of sp³-hybridized carbons (Fsp3) is 0.200. The van der Waals surface area contributed by atoms with Crippen molar-refractivity contribution in [1.82, 2.24) is 4.72 Å². The number of aliphatic hydroxyl groups is 1. The van der Waals surface area contributed by atoms with Gasteiger partial charge in [0.1, 0.15) is 0 Å². The second-order valence-electron chi connectivity index (χ2n) is 4.51. The van der Waals surface area contributed by atoms with Gasteiger partial charge >= 0.3 is 0 Å². The Kier molecular flexibility index (Phi) is 4.89. The first kappa shape index (κ1) is 14.7. The SMILES string of the molecule is O=S(=O)(Cc1ccccc1)N[C@@H](CO)c1ccccc1. The highest BCUT2D eigenvalue weighted by atomic mass is 32.2. The van der Waals surface area contributed by atoms with Gasteiger partial charge in [0.15, 0.2) is 0 Å². The fourth-order valence-electron chi connectivity index (χ4n) is 1.95. The molecule has 0 unspecified atom stereocenters. The predicted octanol–water partition coefficient (Wildman–Crippen LogP) is 1.84. The molecule has 0 spiro atoms. The number of aliphatic hydroxyl groups excluding tert-OH is 1. The smallest absolute Gasteiger partial charge is 0.216 e. The van der Waals surface area contributed by atoms with Gasteiger partial charge in [0.05, 0.1) is 18.4 Å². The lowest BCUT2D eigenvalue weighted by Gasteiger charge is -2.16. The van der Waals surface area contributed by atoms with Crippen LogP contribution < -0.4 is 4.72 Å². The highest BCUT2D eigenvalue weighted by molar-refractivity contribution is 7.88. The summed E-state index contributed by atoms with van der Waals surface area (Å²) < 4.78 is 26.8. The molecule has 0 aromatic heterocycles. The standard InChI is InChI=1S/C15H17NO3S/c17-11-15(14-9-5-2-6-10-14)16-20(18,19)12-13-7-3-1-4-8-13/h1-10,15-17H,11-12H2/t15-/m0/s1. The average molecular weight is 291 g/mol. The van der Waals surface area contributed by atoms with Crippen LogP contribution in [0.1, 0.15) is 17.2 Å². The normalized spacial score (nSPS) is 13.1. The van der Waals surface area contributed by atoms with Crippen LogP contribution in [0.5, 0.6) is 0 Å². The molecule has 106 valence electrons. The second kappa shape index (κ2) is 6.65. The third kappa shape index (κ3) is 4.16. The minimum atomic E-state index is -3.50. The Morgan fingerprint density at radius 2 is 1.50 bits per heavy atom. The molecule has 0 aliphatic rings. The van der Waals surface area contributed by atoms with Gasteiger partial charge in [-0.1, -0.05) is 60.7 Å². The Morgan fingerprint density at radius 1 is 0.950 bits per heavy atom. The molecule has 0 radical (unpaired) electrons. The lowest BCUT2D eigenvalue weighted by Crippen LogP contribution is -2.31. The molecular weight excluding hydrogens is 274 g/mol. The Hall–Kier alpha value is -1.69. The van der Waals surface area contributed by atoms with E-state index >= 15 is 0 Å². The summed E-state index contributed by atoms with van der Waals surface area (Å²) in [7, 11) is -3.50. The van der Waals surface area contributed by atoms with Crippen LogP contribution >= 0.6 is 0 Å². The van der Waals surface area contributed by atoms with Crippen LogP contribution in [-0.4, -0.2) is 20.1 Å². The third-order valence-electron chi connectivity index (χ3n) is 2.91. The van der Waals surface area contributed by atoms with Crippen LogP contribution in [0.3, 0.4) is 0 Å². The molecule has 2 rings (SSSR count). The van der Waals surface area contributed by atoms with Gasteiger partial charge in [-0.2, -0.15) is 0 Å². The molecule has 2 aromatic rings. The molecule has 2 N–H and O–H groups in total. The van der Waals surface area contributed by atoms with Crippen molar-refractivity contribution < 1.29 is 13.5 Å². The molecule has 0 bridgehead atoms. The number of hydrogen-bond acceptors (Lipinski definition) is 3. The van der Waals surface area contributed by atoms with Crippen LogP contribution in [0.25, 0.3) is 0 Å². The quantitative estimate of drug-likeness (QED) is 0.853. The molecule has 0 saturated heterocycles. The molecular formula is C15H17NO3S. The summed E-state index contributed by atoms with van der Waals surface area (Å²) in [5.41, 5.74) is 1.45. The molecule has 0 amide bonds. The van der Waals surface area contributed by atoms with E-state index in [4.69, 9.17) is 0 Å². The van der Waals surface area contributed by atoms with Crippen molar-refractivity contribution in [1.29, 1.82) is 0 Å². The van der Waals surface area contributed by atoms with Gasteiger partial charge in [-0.15, -0.1) is 0 Å². The van der Waals surface area contributed by atoms with Crippen molar-refractivity contribution in [2.24, 2.45) is 0 Å². The molecule has 5 heteroatoms. The summed E-state index contributed by atoms with van der Waals surface area (Å²) in [6, 6.07) is 17.4. The van der Waals surface area contributed by atoms with Gasteiger partial charge in [0, 0.05) is 0 Å². The maximum atomic E-state index is 12.1. The molecule has 20 heavy (non-hydrogen) atoms. The largest absolute Gasteiger partial charge is 0.394 e. The van der Waals surface area contributed by atoms with E-state index in [2.05, 4.69) is 4.72 Å². The van der Waals surface area contributed by atoms with E-state index in [1.807, 2.05) is 24.3 Å². The average Bonchev–Trinajstić information content (AvgIpc) is 2.46. The molecule has 2 aromatic carbocycles. The van der Waals surface area contributed by atoms with Crippen LogP contribution in [0.2, 0.25) is 0 Å². The van der Waals surface area contributed by atoms with Crippen molar-refractivity contribution in [3.8, 4) is 0 Å². The molecule has 0 heterocycles. The van der Waals surface area contributed by atoms with E-state index in [0.29, 0.717) is 5.56 Å². The maximum absolute atomic E-state index is 12.1. The van der Waals surface area contributed by atoms with E-state index in [1.54, 1.807) is 36.4 Å². The zero-order valence-corrected chi connectivity index (χ0v) is 11.8. The van der Waals surface area contributed by atoms with Gasteiger partial charge in [-0.25, -0.2) is 13.1 Å². The number of benzene rings is 2. The number of rotatable bonds is 6. The lowest BCUT2D eigenvalue weighted by molar-refractivity contribution is 0.259. The third-order valence-corrected chi connectivity index (χ3v) is 4.26. The van der Waals surface area contributed by atoms with Crippen LogP contribution in [0.4, 0.5) is 0 Å². The van der Waals surface area contributed by atoms with Crippen LogP contribution in [0, 0.1) is 0 Å². The molecule has 4 nitrogen and oxygen atoms in total. The first-order chi connectivity index (χ1) is 9.61. The summed E-state index contributed by atoms with van der Waals surface area (Å²) >= 11 is 0. The second-order valence-corrected chi connectivity index (χ2v) is 6.26. The summed E-state index contributed by atoms with van der Waals surface area (Å²) in [6.07, 6.45) is 0. The molecule has 0 aliphatic carbocycles. The van der Waals surface area contributed by atoms with E-state index in [9.17, 15) is 13.5 Å². The van der Waals surface area contributed by atoms with Crippen LogP contribution in [-0.2, 0) is 15.8 Å². The van der Waals surface area contributed by atoms with Crippen molar-refractivity contribution in [3.05, 3.63) is 71.8 Å². The first-order valence-corrected chi connectivity index (χ1v) is 7.96. The number of sulfonamides is 1. The highest BCUT2D eigenvalue weighted by Crippen LogP contribution is 2.14. The van der Waals surface area contributed by atoms with Crippen molar-refractivity contribution in [2.75, 3.05) is 6.61 Å². The van der Waals surface area contributed by atoms with E-state index in [-0.39, 0.29) is 12.4 Å². The Morgan fingerprint density at radius 3 is 2.05 bits per heavy atom. The summed E-state index contributed by atoms with van der Waals surface area (Å²) in [4.78, 5) is 0. The van der Waals surface area contributed by atoms with E-state index in [0.717, 1.165) is 5.56 Å². The number of nitrogens with one attached hydrogen (secondary N) is 1. The highest BCUT2D eigenvalue weighted by Gasteiger charge is 2.19. The summed E-state index contributed by atoms with van der Waals surface area (Å²) in [5.74, 6) is -0.100. The van der Waals surface area contributed by atoms with Crippen molar-refractivity contribution in [3.63, 3.8) is 0 Å². The molecule has 0 aliphatic heterocycles.